The molecule has 0 unspecified atom stereocenters. The first kappa shape index (κ1) is 19.0. The lowest BCUT2D eigenvalue weighted by Crippen LogP contribution is -1.99. The quantitative estimate of drug-likeness (QED) is 0.231. The van der Waals surface area contributed by atoms with E-state index < -0.39 is 0 Å². The number of benzene rings is 3. The smallest absolute Gasteiger partial charge is 0.197 e. The third-order valence-corrected chi connectivity index (χ3v) is 7.30. The van der Waals surface area contributed by atoms with Gasteiger partial charge in [-0.25, -0.2) is 9.97 Å². The van der Waals surface area contributed by atoms with Crippen molar-refractivity contribution in [3.63, 3.8) is 0 Å². The number of rotatable bonds is 3. The number of ketones is 2. The van der Waals surface area contributed by atoms with Crippen molar-refractivity contribution in [3.8, 4) is 0 Å². The van der Waals surface area contributed by atoms with Gasteiger partial charge in [-0.05, 0) is 40.6 Å². The predicted octanol–water partition coefficient (Wildman–Crippen LogP) is 6.54. The third-order valence-electron chi connectivity index (χ3n) is 5.36. The second-order valence-electron chi connectivity index (χ2n) is 7.42. The van der Waals surface area contributed by atoms with Gasteiger partial charge in [0.2, 0.25) is 0 Å². The van der Waals surface area contributed by atoms with E-state index in [9.17, 15) is 9.59 Å². The Bertz CT molecular complexity index is 1520. The highest BCUT2D eigenvalue weighted by atomic mass is 32.1. The van der Waals surface area contributed by atoms with Crippen LogP contribution in [0.15, 0.2) is 72.3 Å². The van der Waals surface area contributed by atoms with Crippen LogP contribution in [0.5, 0.6) is 0 Å². The van der Waals surface area contributed by atoms with Crippen molar-refractivity contribution in [1.82, 2.24) is 9.97 Å². The number of hydrogen-bond donors (Lipinski definition) is 0. The Morgan fingerprint density at radius 1 is 0.656 bits per heavy atom. The van der Waals surface area contributed by atoms with Gasteiger partial charge in [0.25, 0.3) is 0 Å². The minimum absolute atomic E-state index is 0.168. The van der Waals surface area contributed by atoms with E-state index in [0.717, 1.165) is 31.0 Å². The Hall–Kier alpha value is -3.74. The largest absolute Gasteiger partial charge is 0.288 e. The molecule has 0 spiro atoms. The molecule has 5 aromatic rings. The van der Waals surface area contributed by atoms with Crippen molar-refractivity contribution in [1.29, 1.82) is 0 Å². The van der Waals surface area contributed by atoms with Crippen molar-refractivity contribution in [2.24, 2.45) is 0 Å². The Morgan fingerprint density at radius 3 is 1.88 bits per heavy atom. The summed E-state index contributed by atoms with van der Waals surface area (Å²) in [4.78, 5) is 36.7. The van der Waals surface area contributed by atoms with Crippen molar-refractivity contribution in [2.75, 3.05) is 0 Å². The minimum Gasteiger partial charge on any atom is -0.288 e. The molecule has 0 amide bonds. The number of carbonyl (C=O) groups is 2. The molecule has 1 aliphatic rings. The van der Waals surface area contributed by atoms with Gasteiger partial charge in [0, 0.05) is 11.1 Å². The lowest BCUT2D eigenvalue weighted by molar-refractivity contribution is 0.0990. The number of hydrogen-bond acceptors (Lipinski definition) is 6. The first-order valence-electron chi connectivity index (χ1n) is 10.00. The molecule has 0 saturated carbocycles. The van der Waals surface area contributed by atoms with Crippen molar-refractivity contribution < 1.29 is 9.59 Å². The minimum atomic E-state index is -0.242. The zero-order chi connectivity index (χ0) is 21.7. The summed E-state index contributed by atoms with van der Waals surface area (Å²) < 4.78 is 0. The summed E-state index contributed by atoms with van der Waals surface area (Å²) >= 11 is 2.87. The number of aromatic nitrogens is 2. The SMILES string of the molecule is O=C1C(=Cc2nc3sc(/C=C/c4ccccc4)nc3s2)C(=O)c2cc3ccccc3cc21. The van der Waals surface area contributed by atoms with Crippen LogP contribution in [0.1, 0.15) is 36.3 Å². The molecule has 0 radical (unpaired) electrons. The average Bonchev–Trinajstić information content (AvgIpc) is 3.44. The van der Waals surface area contributed by atoms with Gasteiger partial charge in [0.1, 0.15) is 10.0 Å². The summed E-state index contributed by atoms with van der Waals surface area (Å²) in [5.74, 6) is -0.484. The van der Waals surface area contributed by atoms with E-state index in [0.29, 0.717) is 16.1 Å². The number of fused-ring (bicyclic) bond motifs is 3. The van der Waals surface area contributed by atoms with Crippen molar-refractivity contribution >= 4 is 72.9 Å². The Labute approximate surface area is 191 Å². The van der Waals surface area contributed by atoms with Crippen LogP contribution in [0.3, 0.4) is 0 Å². The molecule has 1 aliphatic carbocycles. The van der Waals surface area contributed by atoms with E-state index in [1.54, 1.807) is 18.2 Å². The van der Waals surface area contributed by atoms with Gasteiger partial charge in [0.05, 0.1) is 5.57 Å². The zero-order valence-corrected chi connectivity index (χ0v) is 18.2. The molecule has 0 atom stereocenters. The van der Waals surface area contributed by atoms with Crippen LogP contribution in [0.4, 0.5) is 0 Å². The molecule has 32 heavy (non-hydrogen) atoms. The number of thiazole rings is 2. The molecule has 152 valence electrons. The Morgan fingerprint density at radius 2 is 1.22 bits per heavy atom. The molecule has 0 saturated heterocycles. The maximum Gasteiger partial charge on any atom is 0.197 e. The van der Waals surface area contributed by atoms with E-state index in [4.69, 9.17) is 0 Å². The average molecular weight is 451 g/mol. The van der Waals surface area contributed by atoms with E-state index >= 15 is 0 Å². The van der Waals surface area contributed by atoms with Gasteiger partial charge in [-0.1, -0.05) is 83.3 Å². The summed E-state index contributed by atoms with van der Waals surface area (Å²) in [6, 6.07) is 21.4. The molecule has 4 nitrogen and oxygen atoms in total. The van der Waals surface area contributed by atoms with E-state index in [1.807, 2.05) is 66.7 Å². The summed E-state index contributed by atoms with van der Waals surface area (Å²) in [5.41, 5.74) is 2.20. The summed E-state index contributed by atoms with van der Waals surface area (Å²) in [7, 11) is 0. The number of carbonyl (C=O) groups excluding carboxylic acids is 2. The molecular formula is C26H14N2O2S2. The van der Waals surface area contributed by atoms with Crippen LogP contribution in [0.25, 0.3) is 38.7 Å². The molecule has 6 rings (SSSR count). The first-order valence-corrected chi connectivity index (χ1v) is 11.6. The fourth-order valence-electron chi connectivity index (χ4n) is 3.80. The second-order valence-corrected chi connectivity index (χ2v) is 9.44. The van der Waals surface area contributed by atoms with Crippen molar-refractivity contribution in [3.05, 3.63) is 99.0 Å². The number of Topliss-reactive ketones (excluding diaryl/α,β-unsaturated/α-hetero) is 2. The topological polar surface area (TPSA) is 59.9 Å². The summed E-state index contributed by atoms with van der Waals surface area (Å²) in [6.07, 6.45) is 5.59. The van der Waals surface area contributed by atoms with E-state index in [1.165, 1.54) is 22.7 Å². The van der Waals surface area contributed by atoms with Gasteiger partial charge in [-0.3, -0.25) is 9.59 Å². The molecule has 0 bridgehead atoms. The zero-order valence-electron chi connectivity index (χ0n) is 16.6. The van der Waals surface area contributed by atoms with Gasteiger partial charge in [-0.15, -0.1) is 0 Å². The standard InChI is InChI=1S/C26H14N2O2S2/c29-23-18-12-16-8-4-5-9-17(16)13-19(18)24(30)20(23)14-22-28-26-25(32-22)27-21(31-26)11-10-15-6-2-1-3-7-15/h1-14H/b11-10+. The molecule has 0 N–H and O–H groups in total. The van der Waals surface area contributed by atoms with Crippen LogP contribution in [0, 0.1) is 0 Å². The van der Waals surface area contributed by atoms with Crippen LogP contribution in [-0.2, 0) is 0 Å². The monoisotopic (exact) mass is 450 g/mol. The van der Waals surface area contributed by atoms with Crippen LogP contribution >= 0.6 is 22.7 Å². The highest BCUT2D eigenvalue weighted by molar-refractivity contribution is 7.27. The molecule has 2 aromatic heterocycles. The lowest BCUT2D eigenvalue weighted by atomic mass is 10.0. The summed E-state index contributed by atoms with van der Waals surface area (Å²) in [5, 5.41) is 3.38. The maximum atomic E-state index is 12.9. The molecule has 6 heteroatoms. The van der Waals surface area contributed by atoms with Crippen LogP contribution < -0.4 is 0 Å². The highest BCUT2D eigenvalue weighted by Crippen LogP contribution is 2.34. The first-order chi connectivity index (χ1) is 15.7. The predicted molar refractivity (Wildman–Crippen MR) is 131 cm³/mol. The lowest BCUT2D eigenvalue weighted by Gasteiger charge is -2.00. The normalized spacial score (nSPS) is 13.6. The van der Waals surface area contributed by atoms with Crippen LogP contribution in [0.2, 0.25) is 0 Å². The number of nitrogens with zero attached hydrogens (tertiary/aromatic N) is 2. The Balaban J connectivity index is 1.32. The highest BCUT2D eigenvalue weighted by Gasteiger charge is 2.33. The van der Waals surface area contributed by atoms with E-state index in [2.05, 4.69) is 9.97 Å². The Kier molecular flexibility index (Phi) is 4.41. The fraction of sp³-hybridized carbons (Fsp3) is 0. The molecule has 0 aliphatic heterocycles. The van der Waals surface area contributed by atoms with Gasteiger partial charge in [-0.2, -0.15) is 0 Å². The van der Waals surface area contributed by atoms with E-state index in [-0.39, 0.29) is 17.1 Å². The number of allylic oxidation sites excluding steroid dienone is 1. The second kappa shape index (κ2) is 7.44. The van der Waals surface area contributed by atoms with Gasteiger partial charge < -0.3 is 0 Å². The molecular weight excluding hydrogens is 436 g/mol. The molecule has 3 aromatic carbocycles. The van der Waals surface area contributed by atoms with Crippen LogP contribution in [-0.4, -0.2) is 21.5 Å². The molecule has 2 heterocycles. The molecule has 0 fully saturated rings. The fourth-order valence-corrected chi connectivity index (χ4v) is 5.70. The maximum absolute atomic E-state index is 12.9. The summed E-state index contributed by atoms with van der Waals surface area (Å²) in [6.45, 7) is 0. The van der Waals surface area contributed by atoms with Gasteiger partial charge in [0.15, 0.2) is 21.2 Å². The third kappa shape index (κ3) is 3.21. The van der Waals surface area contributed by atoms with Gasteiger partial charge >= 0.3 is 0 Å². The van der Waals surface area contributed by atoms with Crippen molar-refractivity contribution in [2.45, 2.75) is 0 Å².